The van der Waals surface area contributed by atoms with Crippen LogP contribution in [0.2, 0.25) is 0 Å². The van der Waals surface area contributed by atoms with E-state index in [9.17, 15) is 0 Å². The van der Waals surface area contributed by atoms with Gasteiger partial charge in [-0.1, -0.05) is 6.07 Å². The summed E-state index contributed by atoms with van der Waals surface area (Å²) in [5.41, 5.74) is 1.85. The molecule has 0 fully saturated rings. The third-order valence-electron chi connectivity index (χ3n) is 3.43. The molecule has 1 N–H and O–H groups in total. The van der Waals surface area contributed by atoms with Gasteiger partial charge in [-0.3, -0.25) is 4.98 Å². The Morgan fingerprint density at radius 3 is 2.70 bits per heavy atom. The maximum atomic E-state index is 5.45. The van der Waals surface area contributed by atoms with E-state index in [4.69, 9.17) is 21.7 Å². The second-order valence-electron chi connectivity index (χ2n) is 4.99. The van der Waals surface area contributed by atoms with Gasteiger partial charge in [-0.25, -0.2) is 0 Å². The predicted octanol–water partition coefficient (Wildman–Crippen LogP) is 2.97. The molecule has 5 nitrogen and oxygen atoms in total. The molecule has 0 amide bonds. The van der Waals surface area contributed by atoms with Crippen LogP contribution in [0.3, 0.4) is 0 Å². The Morgan fingerprint density at radius 1 is 1.22 bits per heavy atom. The van der Waals surface area contributed by atoms with E-state index in [1.807, 2.05) is 48.3 Å². The Balaban J connectivity index is 1.95. The Kier molecular flexibility index (Phi) is 6.17. The summed E-state index contributed by atoms with van der Waals surface area (Å²) in [5, 5.41) is 3.83. The van der Waals surface area contributed by atoms with E-state index in [1.54, 1.807) is 20.4 Å². The minimum atomic E-state index is 0.629. The summed E-state index contributed by atoms with van der Waals surface area (Å²) in [7, 11) is 5.19. The normalized spacial score (nSPS) is 10.0. The molecular formula is C17H21N3O2S. The van der Waals surface area contributed by atoms with Crippen LogP contribution >= 0.6 is 12.2 Å². The van der Waals surface area contributed by atoms with Crippen molar-refractivity contribution < 1.29 is 9.47 Å². The number of nitrogens with one attached hydrogen (secondary N) is 1. The van der Waals surface area contributed by atoms with Crippen LogP contribution in [0.1, 0.15) is 5.69 Å². The molecule has 0 bridgehead atoms. The molecule has 0 saturated carbocycles. The molecule has 0 atom stereocenters. The molecule has 0 aliphatic rings. The zero-order valence-corrected chi connectivity index (χ0v) is 14.4. The number of ether oxygens (including phenoxy) is 2. The molecule has 1 heterocycles. The first-order chi connectivity index (χ1) is 11.1. The van der Waals surface area contributed by atoms with Gasteiger partial charge in [0.1, 0.15) is 11.5 Å². The standard InChI is InChI=1S/C17H21N3O2S/c1-20(11-9-13-6-4-5-10-18-13)17(23)19-15-8-7-14(21-2)12-16(15)22-3/h4-8,10,12H,9,11H2,1-3H3,(H,19,23). The first-order valence-electron chi connectivity index (χ1n) is 7.28. The number of methoxy groups -OCH3 is 2. The van der Waals surface area contributed by atoms with Crippen molar-refractivity contribution in [2.75, 3.05) is 33.1 Å². The first kappa shape index (κ1) is 17.0. The van der Waals surface area contributed by atoms with Crippen molar-refractivity contribution in [3.63, 3.8) is 0 Å². The van der Waals surface area contributed by atoms with E-state index in [0.717, 1.165) is 30.1 Å². The molecule has 1 aromatic heterocycles. The first-order valence-corrected chi connectivity index (χ1v) is 7.69. The largest absolute Gasteiger partial charge is 0.497 e. The SMILES string of the molecule is COc1ccc(NC(=S)N(C)CCc2ccccn2)c(OC)c1. The van der Waals surface area contributed by atoms with Gasteiger partial charge in [0.05, 0.1) is 19.9 Å². The van der Waals surface area contributed by atoms with Crippen LogP contribution in [-0.2, 0) is 6.42 Å². The van der Waals surface area contributed by atoms with Crippen molar-refractivity contribution in [2.24, 2.45) is 0 Å². The second kappa shape index (κ2) is 8.33. The zero-order valence-electron chi connectivity index (χ0n) is 13.6. The molecule has 0 aliphatic carbocycles. The summed E-state index contributed by atoms with van der Waals surface area (Å²) >= 11 is 5.45. The van der Waals surface area contributed by atoms with Crippen molar-refractivity contribution >= 4 is 23.0 Å². The highest BCUT2D eigenvalue weighted by atomic mass is 32.1. The van der Waals surface area contributed by atoms with E-state index >= 15 is 0 Å². The summed E-state index contributed by atoms with van der Waals surface area (Å²) in [4.78, 5) is 6.30. The average Bonchev–Trinajstić information content (AvgIpc) is 2.60. The predicted molar refractivity (Wildman–Crippen MR) is 96.3 cm³/mol. The van der Waals surface area contributed by atoms with E-state index in [-0.39, 0.29) is 0 Å². The molecule has 122 valence electrons. The molecule has 2 aromatic rings. The highest BCUT2D eigenvalue weighted by Gasteiger charge is 2.10. The van der Waals surface area contributed by atoms with Crippen molar-refractivity contribution in [3.8, 4) is 11.5 Å². The minimum Gasteiger partial charge on any atom is -0.497 e. The number of pyridine rings is 1. The third-order valence-corrected chi connectivity index (χ3v) is 3.84. The Bertz CT molecular complexity index is 650. The monoisotopic (exact) mass is 331 g/mol. The fourth-order valence-electron chi connectivity index (χ4n) is 2.04. The molecule has 6 heteroatoms. The van der Waals surface area contributed by atoms with Gasteiger partial charge in [-0.05, 0) is 36.5 Å². The zero-order chi connectivity index (χ0) is 16.7. The summed E-state index contributed by atoms with van der Waals surface area (Å²) in [6, 6.07) is 11.5. The lowest BCUT2D eigenvalue weighted by atomic mass is 10.2. The number of likely N-dealkylation sites (N-methyl/N-ethyl adjacent to an activating group) is 1. The lowest BCUT2D eigenvalue weighted by Gasteiger charge is -2.22. The molecule has 0 aliphatic heterocycles. The Morgan fingerprint density at radius 2 is 2.04 bits per heavy atom. The average molecular weight is 331 g/mol. The number of aromatic nitrogens is 1. The van der Waals surface area contributed by atoms with E-state index in [2.05, 4.69) is 10.3 Å². The highest BCUT2D eigenvalue weighted by molar-refractivity contribution is 7.80. The Labute approximate surface area is 142 Å². The van der Waals surface area contributed by atoms with Gasteiger partial charge in [-0.2, -0.15) is 0 Å². The van der Waals surface area contributed by atoms with E-state index < -0.39 is 0 Å². The van der Waals surface area contributed by atoms with Crippen LogP contribution in [-0.4, -0.2) is 42.8 Å². The lowest BCUT2D eigenvalue weighted by molar-refractivity contribution is 0.395. The topological polar surface area (TPSA) is 46.6 Å². The van der Waals surface area contributed by atoms with Crippen molar-refractivity contribution in [1.29, 1.82) is 0 Å². The molecule has 0 spiro atoms. The molecule has 0 unspecified atom stereocenters. The van der Waals surface area contributed by atoms with Gasteiger partial charge >= 0.3 is 0 Å². The number of benzene rings is 1. The number of hydrogen-bond acceptors (Lipinski definition) is 4. The number of thiocarbonyl (C=S) groups is 1. The highest BCUT2D eigenvalue weighted by Crippen LogP contribution is 2.29. The van der Waals surface area contributed by atoms with E-state index in [1.165, 1.54) is 0 Å². The summed E-state index contributed by atoms with van der Waals surface area (Å²) in [6.07, 6.45) is 2.63. The quantitative estimate of drug-likeness (QED) is 0.821. The van der Waals surface area contributed by atoms with Gasteiger partial charge in [-0.15, -0.1) is 0 Å². The van der Waals surface area contributed by atoms with Gasteiger partial charge in [0.25, 0.3) is 0 Å². The molecule has 2 rings (SSSR count). The lowest BCUT2D eigenvalue weighted by Crippen LogP contribution is -2.33. The molecule has 0 radical (unpaired) electrons. The fraction of sp³-hybridized carbons (Fsp3) is 0.294. The fourth-order valence-corrected chi connectivity index (χ4v) is 2.24. The summed E-state index contributed by atoms with van der Waals surface area (Å²) in [5.74, 6) is 1.42. The van der Waals surface area contributed by atoms with Crippen molar-refractivity contribution in [2.45, 2.75) is 6.42 Å². The van der Waals surface area contributed by atoms with Gasteiger partial charge in [0.15, 0.2) is 5.11 Å². The molecule has 23 heavy (non-hydrogen) atoms. The molecular weight excluding hydrogens is 310 g/mol. The summed E-state index contributed by atoms with van der Waals surface area (Å²) in [6.45, 7) is 0.779. The maximum absolute atomic E-state index is 5.45. The molecule has 1 aromatic carbocycles. The number of hydrogen-bond donors (Lipinski definition) is 1. The van der Waals surface area contributed by atoms with Gasteiger partial charge < -0.3 is 19.7 Å². The van der Waals surface area contributed by atoms with Crippen LogP contribution in [0.4, 0.5) is 5.69 Å². The number of nitrogens with zero attached hydrogens (tertiary/aromatic N) is 2. The van der Waals surface area contributed by atoms with Crippen LogP contribution in [0, 0.1) is 0 Å². The van der Waals surface area contributed by atoms with Crippen LogP contribution in [0.15, 0.2) is 42.6 Å². The Hall–Kier alpha value is -2.34. The summed E-state index contributed by atoms with van der Waals surface area (Å²) < 4.78 is 10.6. The van der Waals surface area contributed by atoms with Crippen LogP contribution in [0.25, 0.3) is 0 Å². The maximum Gasteiger partial charge on any atom is 0.173 e. The van der Waals surface area contributed by atoms with Crippen molar-refractivity contribution in [1.82, 2.24) is 9.88 Å². The van der Waals surface area contributed by atoms with E-state index in [0.29, 0.717) is 10.9 Å². The van der Waals surface area contributed by atoms with Crippen LogP contribution in [0.5, 0.6) is 11.5 Å². The molecule has 0 saturated heterocycles. The smallest absolute Gasteiger partial charge is 0.173 e. The number of anilines is 1. The number of rotatable bonds is 6. The second-order valence-corrected chi connectivity index (χ2v) is 5.38. The van der Waals surface area contributed by atoms with Crippen molar-refractivity contribution in [3.05, 3.63) is 48.3 Å². The third kappa shape index (κ3) is 4.82. The van der Waals surface area contributed by atoms with Crippen LogP contribution < -0.4 is 14.8 Å². The minimum absolute atomic E-state index is 0.629. The van der Waals surface area contributed by atoms with Gasteiger partial charge in [0, 0.05) is 38.0 Å². The van der Waals surface area contributed by atoms with Gasteiger partial charge in [0.2, 0.25) is 0 Å².